The Bertz CT molecular complexity index is 829. The molecule has 0 radical (unpaired) electrons. The van der Waals surface area contributed by atoms with E-state index in [2.05, 4.69) is 15.5 Å². The monoisotopic (exact) mass is 283 g/mol. The molecule has 0 aliphatic rings. The van der Waals surface area contributed by atoms with Gasteiger partial charge in [0.05, 0.1) is 11.7 Å². The van der Waals surface area contributed by atoms with Gasteiger partial charge in [-0.3, -0.25) is 4.79 Å². The second-order valence-electron chi connectivity index (χ2n) is 5.20. The molecule has 0 fully saturated rings. The smallest absolute Gasteiger partial charge is 0.257 e. The standard InChI is InChI=1S/C16H17N3O2/c1-9(15-10(2)19-21-11(15)3)17-14-8-12-6-4-5-7-13(12)16(20)18-14/h4-9H,1-3H3,(H2,17,18,20). The molecule has 5 nitrogen and oxygen atoms in total. The van der Waals surface area contributed by atoms with Crippen LogP contribution in [-0.4, -0.2) is 10.1 Å². The van der Waals surface area contributed by atoms with E-state index < -0.39 is 0 Å². The number of rotatable bonds is 3. The summed E-state index contributed by atoms with van der Waals surface area (Å²) in [6.07, 6.45) is 0. The highest BCUT2D eigenvalue weighted by Crippen LogP contribution is 2.24. The number of pyridine rings is 1. The highest BCUT2D eigenvalue weighted by atomic mass is 16.5. The number of hydrogen-bond acceptors (Lipinski definition) is 4. The van der Waals surface area contributed by atoms with Crippen molar-refractivity contribution in [1.82, 2.24) is 10.1 Å². The van der Waals surface area contributed by atoms with Crippen LogP contribution in [0.4, 0.5) is 5.82 Å². The van der Waals surface area contributed by atoms with Crippen LogP contribution in [-0.2, 0) is 0 Å². The largest absolute Gasteiger partial charge is 0.365 e. The summed E-state index contributed by atoms with van der Waals surface area (Å²) in [5.74, 6) is 1.47. The molecule has 1 aromatic carbocycles. The number of aromatic nitrogens is 2. The van der Waals surface area contributed by atoms with Crippen LogP contribution in [0.25, 0.3) is 10.8 Å². The van der Waals surface area contributed by atoms with E-state index in [4.69, 9.17) is 4.52 Å². The molecule has 0 aliphatic heterocycles. The van der Waals surface area contributed by atoms with Crippen LogP contribution in [0.3, 0.4) is 0 Å². The van der Waals surface area contributed by atoms with Crippen molar-refractivity contribution >= 4 is 16.6 Å². The molecular weight excluding hydrogens is 266 g/mol. The average Bonchev–Trinajstić information content (AvgIpc) is 2.78. The number of H-pyrrole nitrogens is 1. The Morgan fingerprint density at radius 1 is 1.29 bits per heavy atom. The molecule has 1 atom stereocenters. The molecule has 0 spiro atoms. The van der Waals surface area contributed by atoms with Crippen molar-refractivity contribution in [2.24, 2.45) is 0 Å². The van der Waals surface area contributed by atoms with Crippen LogP contribution in [0, 0.1) is 13.8 Å². The van der Waals surface area contributed by atoms with E-state index in [0.717, 1.165) is 22.4 Å². The summed E-state index contributed by atoms with van der Waals surface area (Å²) in [6.45, 7) is 5.81. The fourth-order valence-electron chi connectivity index (χ4n) is 2.70. The van der Waals surface area contributed by atoms with E-state index in [9.17, 15) is 4.79 Å². The highest BCUT2D eigenvalue weighted by molar-refractivity contribution is 5.83. The van der Waals surface area contributed by atoms with Crippen molar-refractivity contribution in [3.05, 3.63) is 57.7 Å². The fraction of sp³-hybridized carbons (Fsp3) is 0.250. The lowest BCUT2D eigenvalue weighted by molar-refractivity contribution is 0.392. The topological polar surface area (TPSA) is 70.9 Å². The molecule has 3 rings (SSSR count). The molecule has 21 heavy (non-hydrogen) atoms. The first-order chi connectivity index (χ1) is 10.1. The lowest BCUT2D eigenvalue weighted by Crippen LogP contribution is -2.14. The first-order valence-electron chi connectivity index (χ1n) is 6.87. The van der Waals surface area contributed by atoms with E-state index in [1.807, 2.05) is 51.1 Å². The summed E-state index contributed by atoms with van der Waals surface area (Å²) in [7, 11) is 0. The summed E-state index contributed by atoms with van der Waals surface area (Å²) in [5, 5.41) is 8.86. The van der Waals surface area contributed by atoms with Gasteiger partial charge in [-0.1, -0.05) is 23.4 Å². The number of hydrogen-bond donors (Lipinski definition) is 2. The molecule has 0 bridgehead atoms. The van der Waals surface area contributed by atoms with Crippen LogP contribution >= 0.6 is 0 Å². The molecule has 2 aromatic heterocycles. The van der Waals surface area contributed by atoms with Gasteiger partial charge in [-0.05, 0) is 38.3 Å². The van der Waals surface area contributed by atoms with E-state index in [1.54, 1.807) is 0 Å². The summed E-state index contributed by atoms with van der Waals surface area (Å²) in [6, 6.07) is 9.45. The van der Waals surface area contributed by atoms with Crippen molar-refractivity contribution in [3.63, 3.8) is 0 Å². The molecule has 0 amide bonds. The molecule has 2 N–H and O–H groups in total. The van der Waals surface area contributed by atoms with E-state index in [-0.39, 0.29) is 11.6 Å². The number of benzene rings is 1. The van der Waals surface area contributed by atoms with Crippen LogP contribution in [0.15, 0.2) is 39.6 Å². The molecule has 0 saturated carbocycles. The van der Waals surface area contributed by atoms with E-state index in [0.29, 0.717) is 11.2 Å². The number of nitrogens with zero attached hydrogens (tertiary/aromatic N) is 1. The number of fused-ring (bicyclic) bond motifs is 1. The van der Waals surface area contributed by atoms with Crippen molar-refractivity contribution in [1.29, 1.82) is 0 Å². The quantitative estimate of drug-likeness (QED) is 0.773. The van der Waals surface area contributed by atoms with Gasteiger partial charge in [0, 0.05) is 10.9 Å². The van der Waals surface area contributed by atoms with Crippen LogP contribution in [0.5, 0.6) is 0 Å². The molecule has 3 aromatic rings. The summed E-state index contributed by atoms with van der Waals surface area (Å²) in [4.78, 5) is 14.9. The van der Waals surface area contributed by atoms with Crippen molar-refractivity contribution < 1.29 is 4.52 Å². The van der Waals surface area contributed by atoms with E-state index in [1.165, 1.54) is 0 Å². The predicted octanol–water partition coefficient (Wildman–Crippen LogP) is 3.31. The molecule has 0 saturated heterocycles. The summed E-state index contributed by atoms with van der Waals surface area (Å²) in [5.41, 5.74) is 1.78. The Hall–Kier alpha value is -2.56. The first-order valence-corrected chi connectivity index (χ1v) is 6.87. The van der Waals surface area contributed by atoms with Crippen LogP contribution in [0.2, 0.25) is 0 Å². The minimum absolute atomic E-state index is 0.00642. The number of anilines is 1. The van der Waals surface area contributed by atoms with Gasteiger partial charge in [-0.15, -0.1) is 0 Å². The Kier molecular flexibility index (Phi) is 3.25. The Balaban J connectivity index is 1.97. The van der Waals surface area contributed by atoms with E-state index >= 15 is 0 Å². The maximum absolute atomic E-state index is 12.1. The van der Waals surface area contributed by atoms with Gasteiger partial charge in [-0.25, -0.2) is 0 Å². The second kappa shape index (κ2) is 5.09. The Morgan fingerprint density at radius 2 is 2.05 bits per heavy atom. The highest BCUT2D eigenvalue weighted by Gasteiger charge is 2.16. The second-order valence-corrected chi connectivity index (χ2v) is 5.20. The molecule has 1 unspecified atom stereocenters. The van der Waals surface area contributed by atoms with Gasteiger partial charge in [0.25, 0.3) is 5.56 Å². The minimum Gasteiger partial charge on any atom is -0.365 e. The van der Waals surface area contributed by atoms with Gasteiger partial charge >= 0.3 is 0 Å². The molecular formula is C16H17N3O2. The van der Waals surface area contributed by atoms with Gasteiger partial charge < -0.3 is 14.8 Å². The number of aryl methyl sites for hydroxylation is 2. The first kappa shape index (κ1) is 13.4. The molecule has 0 aliphatic carbocycles. The fourth-order valence-corrected chi connectivity index (χ4v) is 2.70. The summed E-state index contributed by atoms with van der Waals surface area (Å²) >= 11 is 0. The Morgan fingerprint density at radius 3 is 2.76 bits per heavy atom. The molecule has 2 heterocycles. The van der Waals surface area contributed by atoms with Gasteiger partial charge in [0.15, 0.2) is 0 Å². The normalized spacial score (nSPS) is 12.5. The van der Waals surface area contributed by atoms with Crippen LogP contribution in [0.1, 0.15) is 30.0 Å². The maximum Gasteiger partial charge on any atom is 0.257 e. The summed E-state index contributed by atoms with van der Waals surface area (Å²) < 4.78 is 5.19. The SMILES string of the molecule is Cc1noc(C)c1C(C)Nc1cc2ccccc2c(=O)[nH]1. The third kappa shape index (κ3) is 2.42. The lowest BCUT2D eigenvalue weighted by Gasteiger charge is -2.15. The van der Waals surface area contributed by atoms with Gasteiger partial charge in [0.2, 0.25) is 0 Å². The molecule has 5 heteroatoms. The zero-order valence-corrected chi connectivity index (χ0v) is 12.2. The third-order valence-electron chi connectivity index (χ3n) is 3.65. The Labute approximate surface area is 122 Å². The van der Waals surface area contributed by atoms with Crippen molar-refractivity contribution in [2.45, 2.75) is 26.8 Å². The zero-order valence-electron chi connectivity index (χ0n) is 12.2. The van der Waals surface area contributed by atoms with Gasteiger partial charge in [0.1, 0.15) is 11.6 Å². The number of aromatic amines is 1. The van der Waals surface area contributed by atoms with Crippen LogP contribution < -0.4 is 10.9 Å². The maximum atomic E-state index is 12.1. The third-order valence-corrected chi connectivity index (χ3v) is 3.65. The minimum atomic E-state index is -0.0958. The predicted molar refractivity (Wildman–Crippen MR) is 82.6 cm³/mol. The number of nitrogens with one attached hydrogen (secondary N) is 2. The molecule has 108 valence electrons. The van der Waals surface area contributed by atoms with Crippen molar-refractivity contribution in [2.75, 3.05) is 5.32 Å². The van der Waals surface area contributed by atoms with Crippen molar-refractivity contribution in [3.8, 4) is 0 Å². The van der Waals surface area contributed by atoms with Gasteiger partial charge in [-0.2, -0.15) is 0 Å². The average molecular weight is 283 g/mol. The zero-order chi connectivity index (χ0) is 15.0. The lowest BCUT2D eigenvalue weighted by atomic mass is 10.1.